The highest BCUT2D eigenvalue weighted by Crippen LogP contribution is 2.09. The van der Waals surface area contributed by atoms with Gasteiger partial charge in [0.2, 0.25) is 5.91 Å². The van der Waals surface area contributed by atoms with Crippen LogP contribution in [-0.2, 0) is 4.79 Å². The number of rotatable bonds is 6. The van der Waals surface area contributed by atoms with Gasteiger partial charge in [-0.05, 0) is 33.2 Å². The molecule has 1 amide bonds. The quantitative estimate of drug-likeness (QED) is 0.533. The molecule has 0 aromatic rings. The van der Waals surface area contributed by atoms with Crippen LogP contribution < -0.4 is 5.32 Å². The molecule has 1 aliphatic heterocycles. The lowest BCUT2D eigenvalue weighted by Crippen LogP contribution is -2.28. The van der Waals surface area contributed by atoms with E-state index in [4.69, 9.17) is 0 Å². The van der Waals surface area contributed by atoms with Crippen molar-refractivity contribution in [3.05, 3.63) is 11.6 Å². The van der Waals surface area contributed by atoms with E-state index >= 15 is 0 Å². The van der Waals surface area contributed by atoms with Crippen LogP contribution in [0.15, 0.2) is 11.6 Å². The van der Waals surface area contributed by atoms with E-state index < -0.39 is 0 Å². The normalized spacial score (nSPS) is 15.9. The summed E-state index contributed by atoms with van der Waals surface area (Å²) in [4.78, 5) is 13.3. The fraction of sp³-hybridized carbons (Fsp3) is 0.750. The molecule has 0 atom stereocenters. The van der Waals surface area contributed by atoms with Gasteiger partial charge >= 0.3 is 0 Å². The smallest absolute Gasteiger partial charge is 0.222 e. The third-order valence-corrected chi connectivity index (χ3v) is 2.61. The number of carbonyl (C=O) groups is 1. The van der Waals surface area contributed by atoms with E-state index in [2.05, 4.69) is 25.2 Å². The van der Waals surface area contributed by atoms with Crippen LogP contribution in [0.3, 0.4) is 0 Å². The molecule has 0 aromatic heterocycles. The highest BCUT2D eigenvalue weighted by atomic mass is 16.2. The number of nitrogens with one attached hydrogen (secondary N) is 1. The van der Waals surface area contributed by atoms with E-state index in [9.17, 15) is 4.79 Å². The SMILES string of the molecule is CC(C)=CCNCCCN1CCCC1=O. The predicted molar refractivity (Wildman–Crippen MR) is 62.7 cm³/mol. The Morgan fingerprint density at radius 3 is 2.93 bits per heavy atom. The lowest BCUT2D eigenvalue weighted by atomic mass is 10.3. The lowest BCUT2D eigenvalue weighted by Gasteiger charge is -2.14. The summed E-state index contributed by atoms with van der Waals surface area (Å²) in [5.74, 6) is 0.333. The van der Waals surface area contributed by atoms with Gasteiger partial charge in [0.15, 0.2) is 0 Å². The summed E-state index contributed by atoms with van der Waals surface area (Å²) in [5.41, 5.74) is 1.34. The molecule has 86 valence electrons. The van der Waals surface area contributed by atoms with Crippen LogP contribution in [0.5, 0.6) is 0 Å². The molecule has 0 bridgehead atoms. The zero-order chi connectivity index (χ0) is 11.1. The summed E-state index contributed by atoms with van der Waals surface area (Å²) in [5, 5.41) is 3.34. The minimum Gasteiger partial charge on any atom is -0.343 e. The Balaban J connectivity index is 1.97. The van der Waals surface area contributed by atoms with Gasteiger partial charge in [-0.25, -0.2) is 0 Å². The molecule has 1 rings (SSSR count). The molecule has 1 N–H and O–H groups in total. The highest BCUT2D eigenvalue weighted by Gasteiger charge is 2.18. The van der Waals surface area contributed by atoms with Crippen molar-refractivity contribution in [3.8, 4) is 0 Å². The van der Waals surface area contributed by atoms with Crippen molar-refractivity contribution in [2.45, 2.75) is 33.1 Å². The first-order chi connectivity index (χ1) is 7.20. The van der Waals surface area contributed by atoms with Gasteiger partial charge in [-0.1, -0.05) is 11.6 Å². The topological polar surface area (TPSA) is 32.3 Å². The number of hydrogen-bond acceptors (Lipinski definition) is 2. The number of carbonyl (C=O) groups excluding carboxylic acids is 1. The highest BCUT2D eigenvalue weighted by molar-refractivity contribution is 5.77. The average molecular weight is 210 g/mol. The second-order valence-electron chi connectivity index (χ2n) is 4.32. The van der Waals surface area contributed by atoms with Crippen LogP contribution in [-0.4, -0.2) is 37.0 Å². The predicted octanol–water partition coefficient (Wildman–Crippen LogP) is 1.55. The molecule has 0 aliphatic carbocycles. The van der Waals surface area contributed by atoms with Crippen LogP contribution in [0.4, 0.5) is 0 Å². The zero-order valence-corrected chi connectivity index (χ0v) is 9.88. The van der Waals surface area contributed by atoms with Gasteiger partial charge in [0.1, 0.15) is 0 Å². The Morgan fingerprint density at radius 1 is 1.53 bits per heavy atom. The second kappa shape index (κ2) is 6.62. The molecule has 1 heterocycles. The molecular weight excluding hydrogens is 188 g/mol. The van der Waals surface area contributed by atoms with E-state index in [1.165, 1.54) is 5.57 Å². The average Bonchev–Trinajstić information content (AvgIpc) is 2.57. The summed E-state index contributed by atoms with van der Waals surface area (Å²) in [6, 6.07) is 0. The molecule has 0 radical (unpaired) electrons. The lowest BCUT2D eigenvalue weighted by molar-refractivity contribution is -0.127. The molecule has 1 fully saturated rings. The summed E-state index contributed by atoms with van der Waals surface area (Å²) in [6.45, 7) is 8.02. The summed E-state index contributed by atoms with van der Waals surface area (Å²) < 4.78 is 0. The maximum Gasteiger partial charge on any atom is 0.222 e. The first kappa shape index (κ1) is 12.2. The number of allylic oxidation sites excluding steroid dienone is 1. The van der Waals surface area contributed by atoms with Crippen LogP contribution in [0, 0.1) is 0 Å². The van der Waals surface area contributed by atoms with Gasteiger partial charge in [-0.15, -0.1) is 0 Å². The van der Waals surface area contributed by atoms with Crippen molar-refractivity contribution < 1.29 is 4.79 Å². The standard InChI is InChI=1S/C12H22N2O/c1-11(2)6-8-13-7-4-10-14-9-3-5-12(14)15/h6,13H,3-5,7-10H2,1-2H3. The summed E-state index contributed by atoms with van der Waals surface area (Å²) in [7, 11) is 0. The zero-order valence-electron chi connectivity index (χ0n) is 9.88. The fourth-order valence-corrected chi connectivity index (χ4v) is 1.71. The number of amides is 1. The Morgan fingerprint density at radius 2 is 2.33 bits per heavy atom. The fourth-order valence-electron chi connectivity index (χ4n) is 1.71. The van der Waals surface area contributed by atoms with Crippen molar-refractivity contribution in [1.29, 1.82) is 0 Å². The first-order valence-corrected chi connectivity index (χ1v) is 5.82. The van der Waals surface area contributed by atoms with E-state index in [1.807, 2.05) is 4.90 Å². The molecule has 0 saturated carbocycles. The van der Waals surface area contributed by atoms with Gasteiger partial charge in [0.25, 0.3) is 0 Å². The van der Waals surface area contributed by atoms with E-state index in [0.29, 0.717) is 5.91 Å². The Bertz CT molecular complexity index is 232. The number of nitrogens with zero attached hydrogens (tertiary/aromatic N) is 1. The minimum absolute atomic E-state index is 0.333. The van der Waals surface area contributed by atoms with E-state index in [1.54, 1.807) is 0 Å². The third-order valence-electron chi connectivity index (χ3n) is 2.61. The van der Waals surface area contributed by atoms with Crippen LogP contribution >= 0.6 is 0 Å². The van der Waals surface area contributed by atoms with Crippen LogP contribution in [0.2, 0.25) is 0 Å². The largest absolute Gasteiger partial charge is 0.343 e. The van der Waals surface area contributed by atoms with E-state index in [0.717, 1.165) is 45.4 Å². The Hall–Kier alpha value is -0.830. The molecule has 3 nitrogen and oxygen atoms in total. The van der Waals surface area contributed by atoms with Crippen molar-refractivity contribution >= 4 is 5.91 Å². The van der Waals surface area contributed by atoms with Gasteiger partial charge in [0.05, 0.1) is 0 Å². The van der Waals surface area contributed by atoms with Crippen LogP contribution in [0.1, 0.15) is 33.1 Å². The maximum absolute atomic E-state index is 11.3. The monoisotopic (exact) mass is 210 g/mol. The minimum atomic E-state index is 0.333. The van der Waals surface area contributed by atoms with Crippen molar-refractivity contribution in [2.24, 2.45) is 0 Å². The van der Waals surface area contributed by atoms with Gasteiger partial charge in [0, 0.05) is 26.1 Å². The Labute approximate surface area is 92.5 Å². The van der Waals surface area contributed by atoms with E-state index in [-0.39, 0.29) is 0 Å². The van der Waals surface area contributed by atoms with Gasteiger partial charge in [-0.2, -0.15) is 0 Å². The molecule has 1 aliphatic rings. The van der Waals surface area contributed by atoms with Crippen molar-refractivity contribution in [2.75, 3.05) is 26.2 Å². The van der Waals surface area contributed by atoms with Crippen molar-refractivity contribution in [1.82, 2.24) is 10.2 Å². The first-order valence-electron chi connectivity index (χ1n) is 5.82. The molecule has 0 spiro atoms. The summed E-state index contributed by atoms with van der Waals surface area (Å²) >= 11 is 0. The maximum atomic E-state index is 11.3. The summed E-state index contributed by atoms with van der Waals surface area (Å²) in [6.07, 6.45) is 5.04. The van der Waals surface area contributed by atoms with Crippen LogP contribution in [0.25, 0.3) is 0 Å². The van der Waals surface area contributed by atoms with Gasteiger partial charge in [-0.3, -0.25) is 4.79 Å². The molecule has 0 unspecified atom stereocenters. The molecule has 1 saturated heterocycles. The molecular formula is C12H22N2O. The third kappa shape index (κ3) is 4.98. The van der Waals surface area contributed by atoms with Crippen molar-refractivity contribution in [3.63, 3.8) is 0 Å². The molecule has 15 heavy (non-hydrogen) atoms. The number of hydrogen-bond donors (Lipinski definition) is 1. The number of likely N-dealkylation sites (tertiary alicyclic amines) is 1. The Kier molecular flexibility index (Phi) is 5.40. The molecule has 3 heteroatoms. The molecule has 0 aromatic carbocycles. The second-order valence-corrected chi connectivity index (χ2v) is 4.32. The van der Waals surface area contributed by atoms with Gasteiger partial charge < -0.3 is 10.2 Å².